The molecule has 0 radical (unpaired) electrons. The van der Waals surface area contributed by atoms with Gasteiger partial charge in [-0.2, -0.15) is 17.5 Å². The lowest BCUT2D eigenvalue weighted by Gasteiger charge is -2.32. The fourth-order valence-corrected chi connectivity index (χ4v) is 3.41. The molecule has 0 atom stereocenters. The van der Waals surface area contributed by atoms with Crippen molar-refractivity contribution in [3.63, 3.8) is 0 Å². The van der Waals surface area contributed by atoms with Crippen molar-refractivity contribution in [3.05, 3.63) is 0 Å². The van der Waals surface area contributed by atoms with Crippen LogP contribution < -0.4 is 16.0 Å². The summed E-state index contributed by atoms with van der Waals surface area (Å²) in [6, 6.07) is -0.199. The minimum absolute atomic E-state index is 0.0829. The van der Waals surface area contributed by atoms with Crippen molar-refractivity contribution < 1.29 is 26.4 Å². The summed E-state index contributed by atoms with van der Waals surface area (Å²) >= 11 is 0. The Labute approximate surface area is 151 Å². The molecule has 1 fully saturated rings. The van der Waals surface area contributed by atoms with Gasteiger partial charge < -0.3 is 16.0 Å². The largest absolute Gasteiger partial charge is 0.511 e. The van der Waals surface area contributed by atoms with E-state index in [4.69, 9.17) is 0 Å². The Morgan fingerprint density at radius 2 is 1.81 bits per heavy atom. The number of carbonyl (C=O) groups excluding carboxylic acids is 1. The molecule has 1 aliphatic heterocycles. The number of aliphatic imine (C=N–C) groups is 1. The highest BCUT2D eigenvalue weighted by molar-refractivity contribution is 7.90. The van der Waals surface area contributed by atoms with E-state index in [2.05, 4.69) is 20.9 Å². The Morgan fingerprint density at radius 3 is 2.31 bits per heavy atom. The van der Waals surface area contributed by atoms with Crippen LogP contribution in [-0.2, 0) is 14.8 Å². The van der Waals surface area contributed by atoms with E-state index < -0.39 is 15.5 Å². The standard InChI is InChI=1S/C14H26F3N5O3S/c1-3-7-19-12(23)4-8-20-13(18-2)21-11-5-9-22(10-6-11)26(24,25)14(15,16)17/h11H,3-10H2,1-2H3,(H,19,23)(H2,18,20,21). The lowest BCUT2D eigenvalue weighted by Crippen LogP contribution is -2.51. The molecule has 1 rings (SSSR count). The zero-order valence-corrected chi connectivity index (χ0v) is 15.7. The van der Waals surface area contributed by atoms with E-state index >= 15 is 0 Å². The number of guanidine groups is 1. The lowest BCUT2D eigenvalue weighted by atomic mass is 10.1. The van der Waals surface area contributed by atoms with Gasteiger partial charge in [-0.25, -0.2) is 8.42 Å². The van der Waals surface area contributed by atoms with E-state index in [1.165, 1.54) is 7.05 Å². The van der Waals surface area contributed by atoms with Crippen LogP contribution in [0.1, 0.15) is 32.6 Å². The number of hydrogen-bond donors (Lipinski definition) is 3. The molecule has 1 heterocycles. The number of rotatable bonds is 7. The molecule has 3 N–H and O–H groups in total. The Kier molecular flexibility index (Phi) is 8.60. The third-order valence-electron chi connectivity index (χ3n) is 3.87. The highest BCUT2D eigenvalue weighted by atomic mass is 32.2. The maximum absolute atomic E-state index is 12.6. The minimum atomic E-state index is -5.27. The summed E-state index contributed by atoms with van der Waals surface area (Å²) < 4.78 is 60.9. The summed E-state index contributed by atoms with van der Waals surface area (Å²) in [5.74, 6) is 0.339. The molecule has 152 valence electrons. The Morgan fingerprint density at radius 1 is 1.19 bits per heavy atom. The number of carbonyl (C=O) groups is 1. The first-order valence-electron chi connectivity index (χ1n) is 8.42. The molecule has 0 aliphatic carbocycles. The molecule has 1 aliphatic rings. The summed E-state index contributed by atoms with van der Waals surface area (Å²) in [5.41, 5.74) is -5.27. The van der Waals surface area contributed by atoms with Gasteiger partial charge in [0, 0.05) is 45.7 Å². The van der Waals surface area contributed by atoms with E-state index in [0.29, 0.717) is 23.4 Å². The third-order valence-corrected chi connectivity index (χ3v) is 5.50. The number of alkyl halides is 3. The van der Waals surface area contributed by atoms with Crippen molar-refractivity contribution in [1.82, 2.24) is 20.3 Å². The lowest BCUT2D eigenvalue weighted by molar-refractivity contribution is -0.120. The van der Waals surface area contributed by atoms with Gasteiger partial charge in [0.05, 0.1) is 0 Å². The molecule has 26 heavy (non-hydrogen) atoms. The predicted molar refractivity (Wildman–Crippen MR) is 92.0 cm³/mol. The number of nitrogens with one attached hydrogen (secondary N) is 3. The maximum Gasteiger partial charge on any atom is 0.511 e. The van der Waals surface area contributed by atoms with Gasteiger partial charge in [-0.3, -0.25) is 9.79 Å². The maximum atomic E-state index is 12.6. The molecular weight excluding hydrogens is 375 g/mol. The van der Waals surface area contributed by atoms with Gasteiger partial charge in [0.1, 0.15) is 0 Å². The van der Waals surface area contributed by atoms with Crippen molar-refractivity contribution in [2.24, 2.45) is 4.99 Å². The van der Waals surface area contributed by atoms with Gasteiger partial charge >= 0.3 is 15.5 Å². The van der Waals surface area contributed by atoms with Crippen LogP contribution in [0.4, 0.5) is 13.2 Å². The molecule has 0 bridgehead atoms. The van der Waals surface area contributed by atoms with Crippen LogP contribution in [0.25, 0.3) is 0 Å². The van der Waals surface area contributed by atoms with Crippen LogP contribution in [0.3, 0.4) is 0 Å². The normalized spacial score (nSPS) is 17.8. The van der Waals surface area contributed by atoms with E-state index in [9.17, 15) is 26.4 Å². The monoisotopic (exact) mass is 401 g/mol. The third kappa shape index (κ3) is 6.63. The van der Waals surface area contributed by atoms with E-state index in [-0.39, 0.29) is 44.3 Å². The molecule has 0 aromatic rings. The van der Waals surface area contributed by atoms with Gasteiger partial charge in [0.15, 0.2) is 5.96 Å². The number of hydrogen-bond acceptors (Lipinski definition) is 4. The first kappa shape index (κ1) is 22.5. The van der Waals surface area contributed by atoms with Crippen molar-refractivity contribution in [1.29, 1.82) is 0 Å². The topological polar surface area (TPSA) is 103 Å². The van der Waals surface area contributed by atoms with Crippen LogP contribution in [0, 0.1) is 0 Å². The average molecular weight is 401 g/mol. The van der Waals surface area contributed by atoms with Crippen LogP contribution in [0.2, 0.25) is 0 Å². The summed E-state index contributed by atoms with van der Waals surface area (Å²) in [4.78, 5) is 15.5. The summed E-state index contributed by atoms with van der Waals surface area (Å²) in [6.45, 7) is 2.50. The number of halogens is 3. The second-order valence-corrected chi connectivity index (χ2v) is 7.80. The first-order chi connectivity index (χ1) is 12.1. The van der Waals surface area contributed by atoms with E-state index in [1.54, 1.807) is 0 Å². The molecular formula is C14H26F3N5O3S. The van der Waals surface area contributed by atoms with Gasteiger partial charge in [-0.05, 0) is 19.3 Å². The van der Waals surface area contributed by atoms with Gasteiger partial charge in [-0.1, -0.05) is 6.92 Å². The molecule has 12 heteroatoms. The van der Waals surface area contributed by atoms with Gasteiger partial charge in [0.2, 0.25) is 5.91 Å². The van der Waals surface area contributed by atoms with E-state index in [0.717, 1.165) is 6.42 Å². The van der Waals surface area contributed by atoms with Crippen LogP contribution in [-0.4, -0.2) is 69.4 Å². The van der Waals surface area contributed by atoms with Crippen LogP contribution in [0.5, 0.6) is 0 Å². The molecule has 0 aromatic heterocycles. The molecule has 1 saturated heterocycles. The van der Waals surface area contributed by atoms with Crippen molar-refractivity contribution in [3.8, 4) is 0 Å². The zero-order chi connectivity index (χ0) is 19.8. The Hall–Kier alpha value is -1.56. The summed E-state index contributed by atoms with van der Waals surface area (Å²) in [7, 11) is -3.74. The second kappa shape index (κ2) is 9.95. The molecule has 0 unspecified atom stereocenters. The van der Waals surface area contributed by atoms with Crippen LogP contribution in [0.15, 0.2) is 4.99 Å². The van der Waals surface area contributed by atoms with Crippen LogP contribution >= 0.6 is 0 Å². The number of amides is 1. The number of piperidine rings is 1. The molecule has 0 aromatic carbocycles. The Balaban J connectivity index is 2.40. The highest BCUT2D eigenvalue weighted by Crippen LogP contribution is 2.28. The predicted octanol–water partition coefficient (Wildman–Crippen LogP) is 0.382. The van der Waals surface area contributed by atoms with Gasteiger partial charge in [0.25, 0.3) is 0 Å². The van der Waals surface area contributed by atoms with Crippen molar-refractivity contribution >= 4 is 21.9 Å². The van der Waals surface area contributed by atoms with Crippen molar-refractivity contribution in [2.75, 3.05) is 33.2 Å². The fraction of sp³-hybridized carbons (Fsp3) is 0.857. The quantitative estimate of drug-likeness (QED) is 0.423. The van der Waals surface area contributed by atoms with Gasteiger partial charge in [-0.15, -0.1) is 0 Å². The molecule has 0 saturated carbocycles. The summed E-state index contributed by atoms with van der Waals surface area (Å²) in [6.07, 6.45) is 1.58. The molecule has 1 amide bonds. The number of nitrogens with zero attached hydrogens (tertiary/aromatic N) is 2. The average Bonchev–Trinajstić information content (AvgIpc) is 2.58. The van der Waals surface area contributed by atoms with E-state index in [1.807, 2.05) is 6.92 Å². The second-order valence-electron chi connectivity index (χ2n) is 5.87. The minimum Gasteiger partial charge on any atom is -0.356 e. The molecule has 0 spiro atoms. The molecule has 8 nitrogen and oxygen atoms in total. The highest BCUT2D eigenvalue weighted by Gasteiger charge is 2.50. The number of sulfonamides is 1. The fourth-order valence-electron chi connectivity index (χ4n) is 2.42. The Bertz CT molecular complexity index is 587. The summed E-state index contributed by atoms with van der Waals surface area (Å²) in [5, 5.41) is 8.74. The first-order valence-corrected chi connectivity index (χ1v) is 9.86. The zero-order valence-electron chi connectivity index (χ0n) is 14.9. The smallest absolute Gasteiger partial charge is 0.356 e. The van der Waals surface area contributed by atoms with Crippen molar-refractivity contribution in [2.45, 2.75) is 44.2 Å². The SMILES string of the molecule is CCCNC(=O)CCNC(=NC)NC1CCN(S(=O)(=O)C(F)(F)F)CC1.